The van der Waals surface area contributed by atoms with Crippen LogP contribution < -0.4 is 4.90 Å². The first-order chi connectivity index (χ1) is 32.2. The van der Waals surface area contributed by atoms with Gasteiger partial charge in [0.05, 0.1) is 11.0 Å². The lowest BCUT2D eigenvalue weighted by Gasteiger charge is -2.29. The van der Waals surface area contributed by atoms with Crippen molar-refractivity contribution in [2.75, 3.05) is 4.90 Å². The number of allylic oxidation sites excluding steroid dienone is 5. The van der Waals surface area contributed by atoms with Gasteiger partial charge in [0.1, 0.15) is 0 Å². The quantitative estimate of drug-likeness (QED) is 0.148. The molecule has 316 valence electrons. The van der Waals surface area contributed by atoms with E-state index in [1.807, 2.05) is 0 Å². The van der Waals surface area contributed by atoms with Crippen LogP contribution in [0.4, 0.5) is 17.1 Å². The van der Waals surface area contributed by atoms with Gasteiger partial charge in [-0.05, 0) is 179 Å². The maximum atomic E-state index is 4.87. The molecular formula is C63H54N2. The highest BCUT2D eigenvalue weighted by Gasteiger charge is 2.25. The maximum Gasteiger partial charge on any atom is 0.0541 e. The highest BCUT2D eigenvalue weighted by atomic mass is 15.1. The molecule has 0 saturated heterocycles. The fourth-order valence-electron chi connectivity index (χ4n) is 10.6. The Morgan fingerprint density at radius 1 is 0.338 bits per heavy atom. The number of rotatable bonds is 8. The molecule has 2 nitrogen and oxygen atoms in total. The van der Waals surface area contributed by atoms with Gasteiger partial charge in [-0.2, -0.15) is 0 Å². The van der Waals surface area contributed by atoms with Crippen LogP contribution in [0.15, 0.2) is 230 Å². The van der Waals surface area contributed by atoms with Crippen LogP contribution in [0.25, 0.3) is 60.9 Å². The van der Waals surface area contributed by atoms with Gasteiger partial charge in [-0.1, -0.05) is 153 Å². The number of benzene rings is 8. The smallest absolute Gasteiger partial charge is 0.0541 e. The van der Waals surface area contributed by atoms with E-state index < -0.39 is 0 Å². The lowest BCUT2D eigenvalue weighted by Crippen LogP contribution is -2.10. The Hall–Kier alpha value is -7.42. The molecule has 0 bridgehead atoms. The third-order valence-corrected chi connectivity index (χ3v) is 13.8. The van der Waals surface area contributed by atoms with E-state index in [4.69, 9.17) is 6.58 Å². The van der Waals surface area contributed by atoms with Gasteiger partial charge in [-0.15, -0.1) is 0 Å². The molecular weight excluding hydrogens is 785 g/mol. The van der Waals surface area contributed by atoms with Gasteiger partial charge in [0.2, 0.25) is 0 Å². The summed E-state index contributed by atoms with van der Waals surface area (Å²) in [5, 5.41) is 2.63. The number of fused-ring (bicyclic) bond motifs is 4. The molecule has 0 radical (unpaired) electrons. The molecule has 1 heterocycles. The van der Waals surface area contributed by atoms with Crippen molar-refractivity contribution in [2.45, 2.75) is 57.8 Å². The molecule has 11 rings (SSSR count). The molecule has 0 N–H and O–H groups in total. The van der Waals surface area contributed by atoms with Crippen LogP contribution in [0.2, 0.25) is 0 Å². The molecule has 8 aromatic carbocycles. The Balaban J connectivity index is 1.01. The fourth-order valence-corrected chi connectivity index (χ4v) is 10.6. The van der Waals surface area contributed by atoms with Crippen LogP contribution in [0.5, 0.6) is 0 Å². The zero-order chi connectivity index (χ0) is 43.5. The van der Waals surface area contributed by atoms with Gasteiger partial charge in [0.15, 0.2) is 0 Å². The van der Waals surface area contributed by atoms with E-state index in [0.29, 0.717) is 0 Å². The van der Waals surface area contributed by atoms with Crippen LogP contribution in [0, 0.1) is 0 Å². The van der Waals surface area contributed by atoms with Crippen LogP contribution in [-0.4, -0.2) is 4.57 Å². The van der Waals surface area contributed by atoms with E-state index >= 15 is 0 Å². The van der Waals surface area contributed by atoms with Crippen LogP contribution in [-0.2, 0) is 0 Å². The van der Waals surface area contributed by atoms with Crippen molar-refractivity contribution in [3.8, 4) is 27.9 Å². The van der Waals surface area contributed by atoms with Crippen molar-refractivity contribution >= 4 is 50.0 Å². The zero-order valence-electron chi connectivity index (χ0n) is 37.1. The van der Waals surface area contributed by atoms with Crippen LogP contribution in [0.3, 0.4) is 0 Å². The van der Waals surface area contributed by atoms with Gasteiger partial charge >= 0.3 is 0 Å². The predicted octanol–water partition coefficient (Wildman–Crippen LogP) is 17.9. The van der Waals surface area contributed by atoms with Crippen LogP contribution >= 0.6 is 0 Å². The number of nitrogens with zero attached hydrogens (tertiary/aromatic N) is 2. The highest BCUT2D eigenvalue weighted by molar-refractivity contribution is 6.10. The monoisotopic (exact) mass is 838 g/mol. The molecule has 0 atom stereocenters. The second kappa shape index (κ2) is 18.0. The summed E-state index contributed by atoms with van der Waals surface area (Å²) in [7, 11) is 0. The predicted molar refractivity (Wildman–Crippen MR) is 277 cm³/mol. The van der Waals surface area contributed by atoms with Gasteiger partial charge < -0.3 is 9.47 Å². The van der Waals surface area contributed by atoms with Gasteiger partial charge in [0.25, 0.3) is 0 Å². The first kappa shape index (κ1) is 40.4. The summed E-state index contributed by atoms with van der Waals surface area (Å²) < 4.78 is 2.43. The van der Waals surface area contributed by atoms with Crippen molar-refractivity contribution < 1.29 is 0 Å². The zero-order valence-corrected chi connectivity index (χ0v) is 37.1. The molecule has 0 aliphatic heterocycles. The minimum atomic E-state index is 1.03. The van der Waals surface area contributed by atoms with E-state index in [1.54, 1.807) is 5.57 Å². The molecule has 1 aromatic heterocycles. The van der Waals surface area contributed by atoms with Crippen molar-refractivity contribution in [1.82, 2.24) is 4.57 Å². The Morgan fingerprint density at radius 3 is 1.40 bits per heavy atom. The normalized spacial score (nSPS) is 15.8. The maximum absolute atomic E-state index is 4.87. The lowest BCUT2D eigenvalue weighted by molar-refractivity contribution is 0.662. The molecule has 0 spiro atoms. The Morgan fingerprint density at radius 2 is 0.785 bits per heavy atom. The second-order valence-electron chi connectivity index (χ2n) is 17.8. The van der Waals surface area contributed by atoms with Crippen molar-refractivity contribution in [1.29, 1.82) is 0 Å². The average Bonchev–Trinajstić information content (AvgIpc) is 3.71. The third-order valence-electron chi connectivity index (χ3n) is 13.8. The number of anilines is 3. The van der Waals surface area contributed by atoms with E-state index in [9.17, 15) is 0 Å². The lowest BCUT2D eigenvalue weighted by atomic mass is 9.76. The minimum Gasteiger partial charge on any atom is -0.311 e. The first-order valence-electron chi connectivity index (χ1n) is 23.6. The van der Waals surface area contributed by atoms with Gasteiger partial charge in [-0.3, -0.25) is 0 Å². The molecule has 65 heavy (non-hydrogen) atoms. The molecule has 2 aliphatic rings. The Bertz CT molecular complexity index is 3100. The SMILES string of the molecule is C=C1CCCCC/C(c2ccc3c(c2)c2ccccc2n3-c2ccccc2)=C2/CCCCC2=C1c1ccc(N(c2ccc(-c3ccccc3)cc2)c2ccc(-c3ccccc3)cc2)cc1. The van der Waals surface area contributed by atoms with Gasteiger partial charge in [0, 0.05) is 33.5 Å². The van der Waals surface area contributed by atoms with Crippen LogP contribution in [0.1, 0.15) is 68.9 Å². The summed E-state index contributed by atoms with van der Waals surface area (Å²) in [6.45, 7) is 4.87. The molecule has 2 heteroatoms. The van der Waals surface area contributed by atoms with E-state index in [1.165, 1.54) is 109 Å². The molecule has 1 saturated carbocycles. The average molecular weight is 839 g/mol. The summed E-state index contributed by atoms with van der Waals surface area (Å²) in [4.78, 5) is 2.39. The van der Waals surface area contributed by atoms with E-state index in [0.717, 1.165) is 49.2 Å². The Kier molecular flexibility index (Phi) is 11.2. The second-order valence-corrected chi connectivity index (χ2v) is 17.8. The molecule has 9 aromatic rings. The number of hydrogen-bond donors (Lipinski definition) is 0. The van der Waals surface area contributed by atoms with Crippen molar-refractivity contribution in [2.24, 2.45) is 0 Å². The summed E-state index contributed by atoms with van der Waals surface area (Å²) >= 11 is 0. The van der Waals surface area contributed by atoms with E-state index in [2.05, 4.69) is 216 Å². The Labute approximate surface area is 384 Å². The fraction of sp³-hybridized carbons (Fsp3) is 0.143. The van der Waals surface area contributed by atoms with E-state index in [-0.39, 0.29) is 0 Å². The summed E-state index contributed by atoms with van der Waals surface area (Å²) in [6, 6.07) is 75.7. The van der Waals surface area contributed by atoms with Crippen molar-refractivity contribution in [3.63, 3.8) is 0 Å². The van der Waals surface area contributed by atoms with Crippen molar-refractivity contribution in [3.05, 3.63) is 241 Å². The first-order valence-corrected chi connectivity index (χ1v) is 23.6. The van der Waals surface area contributed by atoms with Gasteiger partial charge in [-0.25, -0.2) is 0 Å². The summed E-state index contributed by atoms with van der Waals surface area (Å²) in [5.74, 6) is 0. The summed E-state index contributed by atoms with van der Waals surface area (Å²) in [6.07, 6.45) is 10.3. The number of aromatic nitrogens is 1. The topological polar surface area (TPSA) is 8.17 Å². The third kappa shape index (κ3) is 7.95. The highest BCUT2D eigenvalue weighted by Crippen LogP contribution is 2.46. The molecule has 1 fully saturated rings. The summed E-state index contributed by atoms with van der Waals surface area (Å²) in [5.41, 5.74) is 21.9. The number of hydrogen-bond acceptors (Lipinski definition) is 1. The molecule has 0 amide bonds. The largest absolute Gasteiger partial charge is 0.311 e. The molecule has 2 aliphatic carbocycles. The standard InChI is InChI=1S/C63H54N2/c1-45-18-6-2-13-25-56(51-36-43-62-60(44-51)58-27-16-17-29-61(58)65(62)52-23-11-5-12-24-52)57-26-14-15-28-59(57)63(45)50-34-41-55(42-35-50)64(53-37-30-48(31-38-53)46-19-7-3-8-20-46)54-39-32-49(33-40-54)47-21-9-4-10-22-47/h3-5,7-12,16-17,19-24,27,29-44H,1-2,6,13-15,18,25-26,28H2/b57-56+,63-59?. The minimum absolute atomic E-state index is 1.03. The molecule has 0 unspecified atom stereocenters. The number of para-hydroxylation sites is 2.